The number of para-hydroxylation sites is 1. The molecule has 0 aliphatic carbocycles. The zero-order valence-corrected chi connectivity index (χ0v) is 11.8. The van der Waals surface area contributed by atoms with Gasteiger partial charge in [0.2, 0.25) is 11.8 Å². The zero-order valence-electron chi connectivity index (χ0n) is 11.8. The number of anilines is 1. The molecule has 0 radical (unpaired) electrons. The van der Waals surface area contributed by atoms with Crippen LogP contribution in [0.3, 0.4) is 0 Å². The van der Waals surface area contributed by atoms with Gasteiger partial charge in [0.1, 0.15) is 0 Å². The highest BCUT2D eigenvalue weighted by molar-refractivity contribution is 6.00. The minimum absolute atomic E-state index is 0.00394. The first kappa shape index (κ1) is 14.5. The minimum Gasteiger partial charge on any atom is -0.383 e. The van der Waals surface area contributed by atoms with E-state index in [0.717, 1.165) is 5.69 Å². The second-order valence-corrected chi connectivity index (χ2v) is 5.11. The Morgan fingerprint density at radius 1 is 1.45 bits per heavy atom. The molecule has 1 N–H and O–H groups in total. The van der Waals surface area contributed by atoms with E-state index in [9.17, 15) is 9.59 Å². The standard InChI is InChI=1S/C15H20N2O3/c1-11(10-20-2)16-15(19)12-8-14(18)17(9-12)13-6-4-3-5-7-13/h3-7,11-12H,8-10H2,1-2H3,(H,16,19)/t11-,12+/m1/s1. The molecule has 1 heterocycles. The maximum atomic E-state index is 12.1. The molecule has 1 saturated heterocycles. The summed E-state index contributed by atoms with van der Waals surface area (Å²) in [6.07, 6.45) is 0.264. The highest BCUT2D eigenvalue weighted by Gasteiger charge is 2.35. The third kappa shape index (κ3) is 3.36. The molecular formula is C15H20N2O3. The Morgan fingerprint density at radius 3 is 2.80 bits per heavy atom. The van der Waals surface area contributed by atoms with Crippen LogP contribution in [0.25, 0.3) is 0 Å². The Hall–Kier alpha value is -1.88. The maximum Gasteiger partial charge on any atom is 0.227 e. The van der Waals surface area contributed by atoms with Gasteiger partial charge in [0.25, 0.3) is 0 Å². The van der Waals surface area contributed by atoms with Crippen molar-refractivity contribution in [2.24, 2.45) is 5.92 Å². The van der Waals surface area contributed by atoms with Gasteiger partial charge in [0.05, 0.1) is 12.5 Å². The van der Waals surface area contributed by atoms with Crippen LogP contribution in [0, 0.1) is 5.92 Å². The van der Waals surface area contributed by atoms with E-state index < -0.39 is 0 Å². The Kier molecular flexibility index (Phi) is 4.74. The minimum atomic E-state index is -0.290. The van der Waals surface area contributed by atoms with Crippen molar-refractivity contribution in [2.45, 2.75) is 19.4 Å². The van der Waals surface area contributed by atoms with Gasteiger partial charge in [-0.1, -0.05) is 18.2 Å². The van der Waals surface area contributed by atoms with Crippen molar-refractivity contribution in [3.8, 4) is 0 Å². The van der Waals surface area contributed by atoms with Crippen molar-refractivity contribution in [1.82, 2.24) is 5.32 Å². The summed E-state index contributed by atoms with van der Waals surface area (Å²) in [5.41, 5.74) is 0.845. The van der Waals surface area contributed by atoms with E-state index in [4.69, 9.17) is 4.74 Å². The highest BCUT2D eigenvalue weighted by Crippen LogP contribution is 2.24. The van der Waals surface area contributed by atoms with Crippen LogP contribution in [-0.4, -0.2) is 38.1 Å². The quantitative estimate of drug-likeness (QED) is 0.879. The lowest BCUT2D eigenvalue weighted by Gasteiger charge is -2.18. The second-order valence-electron chi connectivity index (χ2n) is 5.11. The molecule has 5 nitrogen and oxygen atoms in total. The van der Waals surface area contributed by atoms with Crippen LogP contribution in [0.15, 0.2) is 30.3 Å². The smallest absolute Gasteiger partial charge is 0.227 e. The van der Waals surface area contributed by atoms with Gasteiger partial charge in [0, 0.05) is 31.8 Å². The molecule has 2 rings (SSSR count). The van der Waals surface area contributed by atoms with Crippen molar-refractivity contribution < 1.29 is 14.3 Å². The summed E-state index contributed by atoms with van der Waals surface area (Å²) in [5, 5.41) is 2.87. The molecule has 1 aromatic carbocycles. The molecule has 0 bridgehead atoms. The molecule has 1 aliphatic heterocycles. The van der Waals surface area contributed by atoms with Crippen molar-refractivity contribution in [1.29, 1.82) is 0 Å². The van der Waals surface area contributed by atoms with Gasteiger partial charge in [-0.25, -0.2) is 0 Å². The fourth-order valence-electron chi connectivity index (χ4n) is 2.39. The highest BCUT2D eigenvalue weighted by atomic mass is 16.5. The molecule has 1 aromatic rings. The number of amides is 2. The number of benzene rings is 1. The third-order valence-electron chi connectivity index (χ3n) is 3.37. The number of methoxy groups -OCH3 is 1. The summed E-state index contributed by atoms with van der Waals surface area (Å²) in [5.74, 6) is -0.376. The third-order valence-corrected chi connectivity index (χ3v) is 3.37. The van der Waals surface area contributed by atoms with Crippen molar-refractivity contribution in [3.63, 3.8) is 0 Å². The van der Waals surface area contributed by atoms with Crippen molar-refractivity contribution >= 4 is 17.5 Å². The summed E-state index contributed by atoms with van der Waals surface area (Å²) in [4.78, 5) is 25.8. The van der Waals surface area contributed by atoms with Crippen LogP contribution in [-0.2, 0) is 14.3 Å². The summed E-state index contributed by atoms with van der Waals surface area (Å²) in [7, 11) is 1.60. The molecule has 0 spiro atoms. The van der Waals surface area contributed by atoms with Gasteiger partial charge in [0.15, 0.2) is 0 Å². The van der Waals surface area contributed by atoms with E-state index in [1.807, 2.05) is 37.3 Å². The van der Waals surface area contributed by atoms with Crippen LogP contribution in [0.5, 0.6) is 0 Å². The van der Waals surface area contributed by atoms with Crippen LogP contribution < -0.4 is 10.2 Å². The first-order valence-electron chi connectivity index (χ1n) is 6.76. The lowest BCUT2D eigenvalue weighted by atomic mass is 10.1. The first-order chi connectivity index (χ1) is 9.61. The van der Waals surface area contributed by atoms with Gasteiger partial charge in [-0.15, -0.1) is 0 Å². The summed E-state index contributed by atoms with van der Waals surface area (Å²) < 4.78 is 4.99. The molecule has 20 heavy (non-hydrogen) atoms. The van der Waals surface area contributed by atoms with Gasteiger partial charge in [-0.3, -0.25) is 9.59 Å². The van der Waals surface area contributed by atoms with E-state index in [0.29, 0.717) is 13.2 Å². The number of hydrogen-bond donors (Lipinski definition) is 1. The Morgan fingerprint density at radius 2 is 2.15 bits per heavy atom. The number of carbonyl (C=O) groups excluding carboxylic acids is 2. The average Bonchev–Trinajstić information content (AvgIpc) is 2.82. The Labute approximate surface area is 118 Å². The maximum absolute atomic E-state index is 12.1. The zero-order chi connectivity index (χ0) is 14.5. The molecule has 0 unspecified atom stereocenters. The van der Waals surface area contributed by atoms with Gasteiger partial charge in [-0.05, 0) is 19.1 Å². The monoisotopic (exact) mass is 276 g/mol. The summed E-state index contributed by atoms with van der Waals surface area (Å²) in [6, 6.07) is 9.39. The molecular weight excluding hydrogens is 256 g/mol. The van der Waals surface area contributed by atoms with Crippen LogP contribution in [0.4, 0.5) is 5.69 Å². The number of rotatable bonds is 5. The number of nitrogens with one attached hydrogen (secondary N) is 1. The number of ether oxygens (including phenoxy) is 1. The van der Waals surface area contributed by atoms with E-state index in [1.165, 1.54) is 0 Å². The first-order valence-corrected chi connectivity index (χ1v) is 6.76. The average molecular weight is 276 g/mol. The second kappa shape index (κ2) is 6.52. The molecule has 0 aromatic heterocycles. The fourth-order valence-corrected chi connectivity index (χ4v) is 2.39. The molecule has 2 amide bonds. The van der Waals surface area contributed by atoms with Crippen LogP contribution in [0.1, 0.15) is 13.3 Å². The topological polar surface area (TPSA) is 58.6 Å². The Balaban J connectivity index is 1.97. The molecule has 2 atom stereocenters. The summed E-state index contributed by atoms with van der Waals surface area (Å²) in [6.45, 7) is 2.79. The number of carbonyl (C=O) groups is 2. The molecule has 5 heteroatoms. The van der Waals surface area contributed by atoms with Gasteiger partial charge < -0.3 is 15.0 Å². The van der Waals surface area contributed by atoms with Crippen molar-refractivity contribution in [3.05, 3.63) is 30.3 Å². The largest absolute Gasteiger partial charge is 0.383 e. The lowest BCUT2D eigenvalue weighted by molar-refractivity contribution is -0.127. The number of hydrogen-bond acceptors (Lipinski definition) is 3. The molecule has 108 valence electrons. The van der Waals surface area contributed by atoms with Gasteiger partial charge >= 0.3 is 0 Å². The molecule has 0 saturated carbocycles. The van der Waals surface area contributed by atoms with Gasteiger partial charge in [-0.2, -0.15) is 0 Å². The lowest BCUT2D eigenvalue weighted by Crippen LogP contribution is -2.40. The summed E-state index contributed by atoms with van der Waals surface area (Å²) >= 11 is 0. The Bertz CT molecular complexity index is 475. The molecule has 1 aliphatic rings. The van der Waals surface area contributed by atoms with E-state index in [1.54, 1.807) is 12.0 Å². The van der Waals surface area contributed by atoms with E-state index in [-0.39, 0.29) is 30.2 Å². The van der Waals surface area contributed by atoms with Crippen LogP contribution in [0.2, 0.25) is 0 Å². The predicted molar refractivity (Wildman–Crippen MR) is 76.4 cm³/mol. The van der Waals surface area contributed by atoms with Crippen molar-refractivity contribution in [2.75, 3.05) is 25.2 Å². The predicted octanol–water partition coefficient (Wildman–Crippen LogP) is 1.19. The number of nitrogens with zero attached hydrogens (tertiary/aromatic N) is 1. The SMILES string of the molecule is COC[C@@H](C)NC(=O)[C@H]1CC(=O)N(c2ccccc2)C1. The van der Waals surface area contributed by atoms with E-state index in [2.05, 4.69) is 5.32 Å². The van der Waals surface area contributed by atoms with Crippen LogP contribution >= 0.6 is 0 Å². The normalized spacial score (nSPS) is 20.0. The fraction of sp³-hybridized carbons (Fsp3) is 0.467. The van der Waals surface area contributed by atoms with E-state index >= 15 is 0 Å². The molecule has 1 fully saturated rings.